The molecule has 0 unspecified atom stereocenters. The lowest BCUT2D eigenvalue weighted by molar-refractivity contribution is -0.119. The third kappa shape index (κ3) is 9.55. The van der Waals surface area contributed by atoms with Gasteiger partial charge in [0.25, 0.3) is 0 Å². The van der Waals surface area contributed by atoms with E-state index in [1.54, 1.807) is 12.3 Å². The van der Waals surface area contributed by atoms with Crippen molar-refractivity contribution in [2.24, 2.45) is 10.9 Å². The number of aliphatic imine (C=N–C) groups is 1. The quantitative estimate of drug-likeness (QED) is 0.252. The molecular weight excluding hydrogens is 410 g/mol. The minimum Gasteiger partial charge on any atom is -0.494 e. The zero-order valence-corrected chi connectivity index (χ0v) is 20.1. The molecule has 1 heterocycles. The van der Waals surface area contributed by atoms with Crippen LogP contribution >= 0.6 is 0 Å². The number of hydrogen-bond donors (Lipinski definition) is 1. The van der Waals surface area contributed by atoms with Crippen molar-refractivity contribution in [1.82, 2.24) is 10.2 Å². The van der Waals surface area contributed by atoms with Gasteiger partial charge in [-0.1, -0.05) is 63.0 Å². The van der Waals surface area contributed by atoms with Crippen LogP contribution in [0, 0.1) is 5.92 Å². The van der Waals surface area contributed by atoms with Crippen molar-refractivity contribution in [3.63, 3.8) is 0 Å². The van der Waals surface area contributed by atoms with Crippen molar-refractivity contribution in [2.75, 3.05) is 39.3 Å². The van der Waals surface area contributed by atoms with Crippen LogP contribution in [0.4, 0.5) is 0 Å². The lowest BCUT2D eigenvalue weighted by Crippen LogP contribution is -2.31. The number of nitrogens with one attached hydrogen (secondary N) is 1. The number of piperidine rings is 1. The number of likely N-dealkylation sites (tertiary alicyclic amines) is 1. The first-order valence-corrected chi connectivity index (χ1v) is 12.8. The molecule has 1 aliphatic heterocycles. The molecule has 5 nitrogen and oxygen atoms in total. The predicted octanol–water partition coefficient (Wildman–Crippen LogP) is 5.28. The van der Waals surface area contributed by atoms with Gasteiger partial charge in [0.05, 0.1) is 6.61 Å². The minimum absolute atomic E-state index is 0.0181. The number of carbonyl (C=O) groups is 1. The van der Waals surface area contributed by atoms with Crippen LogP contribution < -0.4 is 10.1 Å². The Balaban J connectivity index is 1.38. The van der Waals surface area contributed by atoms with E-state index in [-0.39, 0.29) is 12.5 Å². The van der Waals surface area contributed by atoms with Crippen molar-refractivity contribution >= 4 is 17.7 Å². The fraction of sp³-hybridized carbons (Fsp3) is 0.571. The van der Waals surface area contributed by atoms with E-state index in [1.807, 2.05) is 30.3 Å². The third-order valence-corrected chi connectivity index (χ3v) is 6.64. The molecule has 1 amide bonds. The van der Waals surface area contributed by atoms with Gasteiger partial charge in [-0.25, -0.2) is 0 Å². The molecular formula is C28H41N3O2. The second kappa shape index (κ2) is 14.7. The van der Waals surface area contributed by atoms with Gasteiger partial charge in [-0.05, 0) is 68.0 Å². The highest BCUT2D eigenvalue weighted by atomic mass is 16.5. The molecule has 0 bridgehead atoms. The SMILES string of the molecule is C=C/C=C(\C=N/CC(=O)NCCC1CCCC1)c1ccc(OCCCN2CCCCC2)cc1. The van der Waals surface area contributed by atoms with Gasteiger partial charge in [0.2, 0.25) is 5.91 Å². The summed E-state index contributed by atoms with van der Waals surface area (Å²) in [5.41, 5.74) is 1.96. The number of allylic oxidation sites excluding steroid dienone is 3. The summed E-state index contributed by atoms with van der Waals surface area (Å²) >= 11 is 0. The maximum atomic E-state index is 12.1. The molecule has 0 atom stereocenters. The second-order valence-electron chi connectivity index (χ2n) is 9.25. The smallest absolute Gasteiger partial charge is 0.241 e. The predicted molar refractivity (Wildman–Crippen MR) is 138 cm³/mol. The number of rotatable bonds is 13. The van der Waals surface area contributed by atoms with Crippen LogP contribution in [0.1, 0.15) is 63.4 Å². The molecule has 1 N–H and O–H groups in total. The number of nitrogens with zero attached hydrogens (tertiary/aromatic N) is 2. The van der Waals surface area contributed by atoms with E-state index in [0.717, 1.165) is 55.3 Å². The molecule has 1 aromatic carbocycles. The lowest BCUT2D eigenvalue weighted by atomic mass is 10.0. The Kier molecular flexibility index (Phi) is 11.2. The van der Waals surface area contributed by atoms with Gasteiger partial charge in [0, 0.05) is 19.3 Å². The van der Waals surface area contributed by atoms with E-state index >= 15 is 0 Å². The Bertz CT molecular complexity index is 773. The first-order chi connectivity index (χ1) is 16.2. The maximum absolute atomic E-state index is 12.1. The Hall–Kier alpha value is -2.40. The summed E-state index contributed by atoms with van der Waals surface area (Å²) in [4.78, 5) is 19.0. The van der Waals surface area contributed by atoms with Crippen molar-refractivity contribution in [3.05, 3.63) is 48.6 Å². The topological polar surface area (TPSA) is 53.9 Å². The number of amides is 1. The van der Waals surface area contributed by atoms with Crippen LogP contribution in [0.5, 0.6) is 5.75 Å². The zero-order chi connectivity index (χ0) is 23.1. The largest absolute Gasteiger partial charge is 0.494 e. The molecule has 1 aliphatic carbocycles. The molecule has 2 fully saturated rings. The van der Waals surface area contributed by atoms with Gasteiger partial charge >= 0.3 is 0 Å². The van der Waals surface area contributed by atoms with Crippen molar-refractivity contribution in [1.29, 1.82) is 0 Å². The second-order valence-corrected chi connectivity index (χ2v) is 9.25. The number of benzene rings is 1. The number of hydrogen-bond acceptors (Lipinski definition) is 4. The summed E-state index contributed by atoms with van der Waals surface area (Å²) in [6.07, 6.45) is 16.9. The maximum Gasteiger partial charge on any atom is 0.241 e. The molecule has 1 saturated heterocycles. The number of carbonyl (C=O) groups excluding carboxylic acids is 1. The van der Waals surface area contributed by atoms with E-state index in [1.165, 1.54) is 58.0 Å². The van der Waals surface area contributed by atoms with Gasteiger partial charge in [-0.15, -0.1) is 0 Å². The Morgan fingerprint density at radius 1 is 1.12 bits per heavy atom. The standard InChI is InChI=1S/C28H41N3O2/c1-2-9-26(22-29-23-28(32)30-17-16-24-10-4-5-11-24)25-12-14-27(15-13-25)33-21-8-20-31-18-6-3-7-19-31/h2,9,12-15,22,24H,1,3-8,10-11,16-21,23H2,(H,30,32)/b26-9+,29-22-. The zero-order valence-electron chi connectivity index (χ0n) is 20.1. The van der Waals surface area contributed by atoms with E-state index in [4.69, 9.17) is 4.74 Å². The molecule has 2 aliphatic rings. The van der Waals surface area contributed by atoms with Crippen LogP contribution in [-0.2, 0) is 4.79 Å². The van der Waals surface area contributed by atoms with Crippen LogP contribution in [0.25, 0.3) is 5.57 Å². The van der Waals surface area contributed by atoms with Crippen LogP contribution in [0.15, 0.2) is 48.0 Å². The van der Waals surface area contributed by atoms with E-state index in [9.17, 15) is 4.79 Å². The van der Waals surface area contributed by atoms with Gasteiger partial charge in [0.1, 0.15) is 12.3 Å². The van der Waals surface area contributed by atoms with Gasteiger partial charge in [-0.2, -0.15) is 0 Å². The molecule has 0 spiro atoms. The molecule has 0 aromatic heterocycles. The number of ether oxygens (including phenoxy) is 1. The Morgan fingerprint density at radius 2 is 1.88 bits per heavy atom. The fourth-order valence-corrected chi connectivity index (χ4v) is 4.74. The third-order valence-electron chi connectivity index (χ3n) is 6.64. The Morgan fingerprint density at radius 3 is 2.61 bits per heavy atom. The monoisotopic (exact) mass is 451 g/mol. The normalized spacial score (nSPS) is 18.0. The van der Waals surface area contributed by atoms with Crippen molar-refractivity contribution < 1.29 is 9.53 Å². The van der Waals surface area contributed by atoms with Gasteiger partial charge in [-0.3, -0.25) is 9.79 Å². The highest BCUT2D eigenvalue weighted by Crippen LogP contribution is 2.26. The summed E-state index contributed by atoms with van der Waals surface area (Å²) in [5.74, 6) is 1.65. The van der Waals surface area contributed by atoms with Crippen LogP contribution in [0.2, 0.25) is 0 Å². The summed E-state index contributed by atoms with van der Waals surface area (Å²) < 4.78 is 5.93. The van der Waals surface area contributed by atoms with Gasteiger partial charge < -0.3 is 15.0 Å². The first kappa shape index (κ1) is 25.2. The summed E-state index contributed by atoms with van der Waals surface area (Å²) in [6.45, 7) is 9.04. The minimum atomic E-state index is -0.0181. The summed E-state index contributed by atoms with van der Waals surface area (Å²) in [5, 5.41) is 3.00. The summed E-state index contributed by atoms with van der Waals surface area (Å²) in [7, 11) is 0. The molecule has 3 rings (SSSR count). The van der Waals surface area contributed by atoms with Crippen LogP contribution in [-0.4, -0.2) is 56.4 Å². The fourth-order valence-electron chi connectivity index (χ4n) is 4.74. The van der Waals surface area contributed by atoms with E-state index < -0.39 is 0 Å². The van der Waals surface area contributed by atoms with Crippen LogP contribution in [0.3, 0.4) is 0 Å². The molecule has 33 heavy (non-hydrogen) atoms. The molecule has 1 saturated carbocycles. The average molecular weight is 452 g/mol. The molecule has 0 radical (unpaired) electrons. The highest BCUT2D eigenvalue weighted by Gasteiger charge is 2.14. The first-order valence-electron chi connectivity index (χ1n) is 12.8. The van der Waals surface area contributed by atoms with Crippen molar-refractivity contribution in [3.8, 4) is 5.75 Å². The van der Waals surface area contributed by atoms with Crippen molar-refractivity contribution in [2.45, 2.75) is 57.8 Å². The summed E-state index contributed by atoms with van der Waals surface area (Å²) in [6, 6.07) is 8.06. The van der Waals surface area contributed by atoms with E-state index in [2.05, 4.69) is 21.8 Å². The molecule has 1 aromatic rings. The molecule has 5 heteroatoms. The Labute approximate surface area is 200 Å². The average Bonchev–Trinajstić information content (AvgIpc) is 3.36. The van der Waals surface area contributed by atoms with E-state index in [0.29, 0.717) is 0 Å². The molecule has 180 valence electrons. The lowest BCUT2D eigenvalue weighted by Gasteiger charge is -2.26. The highest BCUT2D eigenvalue weighted by molar-refractivity contribution is 6.10. The van der Waals surface area contributed by atoms with Gasteiger partial charge in [0.15, 0.2) is 0 Å².